The van der Waals surface area contributed by atoms with Gasteiger partial charge >= 0.3 is 0 Å². The van der Waals surface area contributed by atoms with E-state index >= 15 is 0 Å². The number of halogens is 1. The van der Waals surface area contributed by atoms with E-state index in [4.69, 9.17) is 21.1 Å². The van der Waals surface area contributed by atoms with Gasteiger partial charge in [0.15, 0.2) is 0 Å². The van der Waals surface area contributed by atoms with Crippen LogP contribution in [0.3, 0.4) is 0 Å². The molecule has 0 atom stereocenters. The molecule has 0 radical (unpaired) electrons. The molecule has 112 valence electrons. The molecular formula is C16H19ClN2O2. The maximum Gasteiger partial charge on any atom is 0.217 e. The SMILES string of the molecule is COc1cc(Cl)nc(CCOc2ccccc2C(C)C)n1. The summed E-state index contributed by atoms with van der Waals surface area (Å²) in [5, 5.41) is 0.374. The summed E-state index contributed by atoms with van der Waals surface area (Å²) in [5.74, 6) is 2.40. The number of aromatic nitrogens is 2. The summed E-state index contributed by atoms with van der Waals surface area (Å²) in [6, 6.07) is 9.64. The first-order chi connectivity index (χ1) is 10.1. The van der Waals surface area contributed by atoms with Crippen molar-refractivity contribution < 1.29 is 9.47 Å². The van der Waals surface area contributed by atoms with Crippen LogP contribution in [0.1, 0.15) is 31.2 Å². The van der Waals surface area contributed by atoms with Crippen molar-refractivity contribution in [2.24, 2.45) is 0 Å². The Kier molecular flexibility index (Phi) is 5.39. The first-order valence-electron chi connectivity index (χ1n) is 6.89. The predicted octanol–water partition coefficient (Wildman–Crippen LogP) is 3.88. The number of benzene rings is 1. The van der Waals surface area contributed by atoms with Crippen LogP contribution < -0.4 is 9.47 Å². The second-order valence-corrected chi connectivity index (χ2v) is 5.33. The van der Waals surface area contributed by atoms with Crippen molar-refractivity contribution in [2.45, 2.75) is 26.2 Å². The Morgan fingerprint density at radius 2 is 1.95 bits per heavy atom. The van der Waals surface area contributed by atoms with Crippen molar-refractivity contribution in [3.63, 3.8) is 0 Å². The summed E-state index contributed by atoms with van der Waals surface area (Å²) in [4.78, 5) is 8.41. The number of para-hydroxylation sites is 1. The number of hydrogen-bond donors (Lipinski definition) is 0. The van der Waals surface area contributed by atoms with Gasteiger partial charge in [0.05, 0.1) is 13.7 Å². The maximum atomic E-state index is 5.92. The van der Waals surface area contributed by atoms with E-state index in [0.717, 1.165) is 5.75 Å². The summed E-state index contributed by atoms with van der Waals surface area (Å²) in [6.07, 6.45) is 0.573. The third kappa shape index (κ3) is 4.33. The van der Waals surface area contributed by atoms with Crippen LogP contribution in [0.2, 0.25) is 5.15 Å². The van der Waals surface area contributed by atoms with E-state index in [0.29, 0.717) is 35.8 Å². The molecule has 2 aromatic rings. The monoisotopic (exact) mass is 306 g/mol. The summed E-state index contributed by atoms with van der Waals surface area (Å²) >= 11 is 5.92. The zero-order chi connectivity index (χ0) is 15.2. The molecule has 1 heterocycles. The Morgan fingerprint density at radius 3 is 2.67 bits per heavy atom. The van der Waals surface area contributed by atoms with Crippen molar-refractivity contribution in [3.8, 4) is 11.6 Å². The fourth-order valence-corrected chi connectivity index (χ4v) is 2.19. The number of rotatable bonds is 6. The van der Waals surface area contributed by atoms with Gasteiger partial charge in [-0.1, -0.05) is 43.6 Å². The molecule has 0 N–H and O–H groups in total. The smallest absolute Gasteiger partial charge is 0.217 e. The van der Waals surface area contributed by atoms with Gasteiger partial charge in [0.25, 0.3) is 0 Å². The molecular weight excluding hydrogens is 288 g/mol. The van der Waals surface area contributed by atoms with Crippen molar-refractivity contribution in [1.82, 2.24) is 9.97 Å². The Balaban J connectivity index is 2.00. The molecule has 0 aliphatic heterocycles. The number of nitrogens with zero attached hydrogens (tertiary/aromatic N) is 2. The topological polar surface area (TPSA) is 44.2 Å². The number of ether oxygens (including phenoxy) is 2. The minimum atomic E-state index is 0.374. The molecule has 0 saturated heterocycles. The molecule has 0 saturated carbocycles. The Morgan fingerprint density at radius 1 is 1.19 bits per heavy atom. The zero-order valence-electron chi connectivity index (χ0n) is 12.5. The summed E-state index contributed by atoms with van der Waals surface area (Å²) in [5.41, 5.74) is 1.20. The normalized spacial score (nSPS) is 10.7. The molecule has 1 aromatic heterocycles. The molecule has 0 aliphatic carbocycles. The van der Waals surface area contributed by atoms with E-state index in [2.05, 4.69) is 29.9 Å². The quantitative estimate of drug-likeness (QED) is 0.760. The van der Waals surface area contributed by atoms with E-state index in [1.54, 1.807) is 13.2 Å². The lowest BCUT2D eigenvalue weighted by Crippen LogP contribution is -2.07. The Bertz CT molecular complexity index is 603. The molecule has 4 nitrogen and oxygen atoms in total. The Hall–Kier alpha value is -1.81. The average Bonchev–Trinajstić information content (AvgIpc) is 2.47. The van der Waals surface area contributed by atoms with E-state index in [-0.39, 0.29) is 0 Å². The van der Waals surface area contributed by atoms with Gasteiger partial charge in [-0.25, -0.2) is 4.98 Å². The van der Waals surface area contributed by atoms with E-state index in [1.165, 1.54) is 5.56 Å². The predicted molar refractivity (Wildman–Crippen MR) is 83.3 cm³/mol. The molecule has 0 unspecified atom stereocenters. The Labute approximate surface area is 130 Å². The molecule has 0 bridgehead atoms. The van der Waals surface area contributed by atoms with Crippen molar-refractivity contribution in [1.29, 1.82) is 0 Å². The lowest BCUT2D eigenvalue weighted by molar-refractivity contribution is 0.313. The second-order valence-electron chi connectivity index (χ2n) is 4.94. The third-order valence-electron chi connectivity index (χ3n) is 3.05. The second kappa shape index (κ2) is 7.27. The fraction of sp³-hybridized carbons (Fsp3) is 0.375. The molecule has 0 spiro atoms. The fourth-order valence-electron chi connectivity index (χ4n) is 2.00. The molecule has 0 amide bonds. The highest BCUT2D eigenvalue weighted by Crippen LogP contribution is 2.25. The average molecular weight is 307 g/mol. The highest BCUT2D eigenvalue weighted by molar-refractivity contribution is 6.29. The molecule has 1 aromatic carbocycles. The zero-order valence-corrected chi connectivity index (χ0v) is 13.2. The van der Waals surface area contributed by atoms with Gasteiger partial charge in [-0.15, -0.1) is 0 Å². The lowest BCUT2D eigenvalue weighted by Gasteiger charge is -2.13. The van der Waals surface area contributed by atoms with Gasteiger partial charge in [-0.3, -0.25) is 0 Å². The van der Waals surface area contributed by atoms with Gasteiger partial charge in [0.1, 0.15) is 16.7 Å². The minimum absolute atomic E-state index is 0.374. The van der Waals surface area contributed by atoms with E-state index < -0.39 is 0 Å². The number of hydrogen-bond acceptors (Lipinski definition) is 4. The van der Waals surface area contributed by atoms with Gasteiger partial charge in [0, 0.05) is 12.5 Å². The highest BCUT2D eigenvalue weighted by atomic mass is 35.5. The highest BCUT2D eigenvalue weighted by Gasteiger charge is 2.08. The van der Waals surface area contributed by atoms with Crippen LogP contribution in [0.15, 0.2) is 30.3 Å². The van der Waals surface area contributed by atoms with Gasteiger partial charge in [-0.05, 0) is 17.5 Å². The maximum absolute atomic E-state index is 5.92. The van der Waals surface area contributed by atoms with Crippen LogP contribution in [0, 0.1) is 0 Å². The van der Waals surface area contributed by atoms with Crippen LogP contribution in [-0.2, 0) is 6.42 Å². The molecule has 2 rings (SSSR count). The first kappa shape index (κ1) is 15.6. The minimum Gasteiger partial charge on any atom is -0.493 e. The van der Waals surface area contributed by atoms with E-state index in [1.807, 2.05) is 18.2 Å². The van der Waals surface area contributed by atoms with Crippen LogP contribution in [-0.4, -0.2) is 23.7 Å². The molecule has 0 aliphatic rings. The van der Waals surface area contributed by atoms with Crippen molar-refractivity contribution in [2.75, 3.05) is 13.7 Å². The largest absolute Gasteiger partial charge is 0.493 e. The standard InChI is InChI=1S/C16H19ClN2O2/c1-11(2)12-6-4-5-7-13(12)21-9-8-15-18-14(17)10-16(19-15)20-3/h4-7,10-11H,8-9H2,1-3H3. The lowest BCUT2D eigenvalue weighted by atomic mass is 10.0. The van der Waals surface area contributed by atoms with Gasteiger partial charge < -0.3 is 9.47 Å². The van der Waals surface area contributed by atoms with Crippen molar-refractivity contribution in [3.05, 3.63) is 46.9 Å². The first-order valence-corrected chi connectivity index (χ1v) is 7.27. The number of methoxy groups -OCH3 is 1. The summed E-state index contributed by atoms with van der Waals surface area (Å²) in [6.45, 7) is 4.79. The van der Waals surface area contributed by atoms with Gasteiger partial charge in [-0.2, -0.15) is 4.98 Å². The summed E-state index contributed by atoms with van der Waals surface area (Å²) in [7, 11) is 1.55. The van der Waals surface area contributed by atoms with Crippen LogP contribution in [0.4, 0.5) is 0 Å². The van der Waals surface area contributed by atoms with Crippen molar-refractivity contribution >= 4 is 11.6 Å². The molecule has 0 fully saturated rings. The van der Waals surface area contributed by atoms with Crippen LogP contribution in [0.5, 0.6) is 11.6 Å². The van der Waals surface area contributed by atoms with E-state index in [9.17, 15) is 0 Å². The molecule has 21 heavy (non-hydrogen) atoms. The molecule has 5 heteroatoms. The van der Waals surface area contributed by atoms with Crippen LogP contribution in [0.25, 0.3) is 0 Å². The summed E-state index contributed by atoms with van der Waals surface area (Å²) < 4.78 is 10.9. The van der Waals surface area contributed by atoms with Gasteiger partial charge in [0.2, 0.25) is 5.88 Å². The third-order valence-corrected chi connectivity index (χ3v) is 3.24. The van der Waals surface area contributed by atoms with Crippen LogP contribution >= 0.6 is 11.6 Å².